The molecule has 0 aromatic heterocycles. The maximum Gasteiger partial charge on any atom is 0.482 e. The number of alkyl halides is 2. The molecule has 1 aliphatic rings. The highest BCUT2D eigenvalue weighted by atomic mass is 32.2. The van der Waals surface area contributed by atoms with Crippen molar-refractivity contribution in [1.29, 1.82) is 0 Å². The molecule has 2 amide bonds. The van der Waals surface area contributed by atoms with Crippen molar-refractivity contribution in [2.45, 2.75) is 6.11 Å². The summed E-state index contributed by atoms with van der Waals surface area (Å²) in [7, 11) is -2.36. The van der Waals surface area contributed by atoms with Crippen LogP contribution < -0.4 is 14.4 Å². The first-order valence-electron chi connectivity index (χ1n) is 8.85. The van der Waals surface area contributed by atoms with Crippen LogP contribution in [0.2, 0.25) is 0 Å². The number of hydrogen-bond acceptors (Lipinski definition) is 5. The van der Waals surface area contributed by atoms with Crippen molar-refractivity contribution in [3.63, 3.8) is 0 Å². The third kappa shape index (κ3) is 4.37. The molecule has 0 fully saturated rings. The fraction of sp³-hybridized carbons (Fsp3) is 0.222. The summed E-state index contributed by atoms with van der Waals surface area (Å²) in [4.78, 5) is 24.3. The quantitative estimate of drug-likeness (QED) is 0.375. The van der Waals surface area contributed by atoms with Crippen molar-refractivity contribution < 1.29 is 53.5 Å². The van der Waals surface area contributed by atoms with E-state index in [2.05, 4.69) is 4.74 Å². The second-order valence-corrected chi connectivity index (χ2v) is 8.85. The molecule has 3 rings (SSSR count). The van der Waals surface area contributed by atoms with Gasteiger partial charge in [-0.05, 0) is 6.07 Å². The first-order chi connectivity index (χ1) is 15.6. The molecule has 2 aromatic carbocycles. The average Bonchev–Trinajstić information content (AvgIpc) is 2.70. The largest absolute Gasteiger partial charge is 0.482 e. The highest BCUT2D eigenvalue weighted by molar-refractivity contribution is 7.87. The standard InChI is InChI=1S/C18H12F7N3O5S/c1-27(2)34(31,32)26-13(29)6-28-11-3-7(14-9(20)4-10(21)15(22)16(14)23)8(19)5-12(11)33-18(24,25)17(28)30/h3-5H,6H2,1-2H3,(H,26,29). The number of benzene rings is 2. The Labute approximate surface area is 186 Å². The molecule has 0 atom stereocenters. The van der Waals surface area contributed by atoms with Crippen LogP contribution in [0.5, 0.6) is 5.75 Å². The summed E-state index contributed by atoms with van der Waals surface area (Å²) >= 11 is 0. The molecule has 1 aliphatic heterocycles. The van der Waals surface area contributed by atoms with E-state index in [9.17, 15) is 48.7 Å². The Bertz CT molecular complexity index is 1320. The van der Waals surface area contributed by atoms with E-state index in [0.717, 1.165) is 14.1 Å². The lowest BCUT2D eigenvalue weighted by atomic mass is 10.0. The molecule has 0 spiro atoms. The molecule has 0 saturated carbocycles. The van der Waals surface area contributed by atoms with E-state index in [1.165, 1.54) is 4.72 Å². The summed E-state index contributed by atoms with van der Waals surface area (Å²) in [5.74, 6) is -14.4. The summed E-state index contributed by atoms with van der Waals surface area (Å²) in [6.45, 7) is -1.38. The van der Waals surface area contributed by atoms with Crippen LogP contribution in [0.15, 0.2) is 18.2 Å². The molecule has 0 radical (unpaired) electrons. The van der Waals surface area contributed by atoms with Gasteiger partial charge in [0.2, 0.25) is 0 Å². The molecule has 34 heavy (non-hydrogen) atoms. The number of amides is 2. The van der Waals surface area contributed by atoms with Crippen LogP contribution in [0.3, 0.4) is 0 Å². The zero-order valence-electron chi connectivity index (χ0n) is 16.9. The Kier molecular flexibility index (Phi) is 6.25. The zero-order valence-corrected chi connectivity index (χ0v) is 17.7. The van der Waals surface area contributed by atoms with E-state index in [1.54, 1.807) is 0 Å². The Morgan fingerprint density at radius 2 is 1.65 bits per heavy atom. The van der Waals surface area contributed by atoms with Crippen molar-refractivity contribution in [3.05, 3.63) is 47.3 Å². The molecule has 184 valence electrons. The van der Waals surface area contributed by atoms with Gasteiger partial charge in [0.15, 0.2) is 23.2 Å². The number of nitrogens with one attached hydrogen (secondary N) is 1. The fourth-order valence-electron chi connectivity index (χ4n) is 2.86. The lowest BCUT2D eigenvalue weighted by Gasteiger charge is -2.33. The van der Waals surface area contributed by atoms with Crippen molar-refractivity contribution in [1.82, 2.24) is 9.03 Å². The van der Waals surface area contributed by atoms with Crippen molar-refractivity contribution in [3.8, 4) is 16.9 Å². The summed E-state index contributed by atoms with van der Waals surface area (Å²) in [6, 6.07) is 0.455. The topological polar surface area (TPSA) is 96.0 Å². The van der Waals surface area contributed by atoms with Gasteiger partial charge in [-0.3, -0.25) is 14.5 Å². The molecule has 16 heteroatoms. The van der Waals surface area contributed by atoms with Crippen LogP contribution in [0, 0.1) is 29.1 Å². The normalized spacial score (nSPS) is 15.2. The third-order valence-electron chi connectivity index (χ3n) is 4.48. The van der Waals surface area contributed by atoms with Crippen molar-refractivity contribution in [2.75, 3.05) is 25.5 Å². The van der Waals surface area contributed by atoms with E-state index in [-0.39, 0.29) is 17.0 Å². The van der Waals surface area contributed by atoms with Gasteiger partial charge < -0.3 is 4.74 Å². The highest BCUT2D eigenvalue weighted by Crippen LogP contribution is 2.43. The molecule has 0 bridgehead atoms. The van der Waals surface area contributed by atoms with E-state index < -0.39 is 86.3 Å². The Morgan fingerprint density at radius 1 is 1.03 bits per heavy atom. The monoisotopic (exact) mass is 515 g/mol. The maximum absolute atomic E-state index is 14.6. The fourth-order valence-corrected chi connectivity index (χ4v) is 3.39. The van der Waals surface area contributed by atoms with E-state index >= 15 is 0 Å². The average molecular weight is 515 g/mol. The van der Waals surface area contributed by atoms with Gasteiger partial charge in [0, 0.05) is 31.8 Å². The van der Waals surface area contributed by atoms with Gasteiger partial charge in [0.1, 0.15) is 18.2 Å². The molecule has 2 aromatic rings. The van der Waals surface area contributed by atoms with Crippen LogP contribution >= 0.6 is 0 Å². The smallest absolute Gasteiger partial charge is 0.423 e. The van der Waals surface area contributed by atoms with Gasteiger partial charge in [-0.2, -0.15) is 21.5 Å². The van der Waals surface area contributed by atoms with Gasteiger partial charge in [-0.25, -0.2) is 26.7 Å². The SMILES string of the molecule is CN(C)S(=O)(=O)NC(=O)CN1C(=O)C(F)(F)Oc2cc(F)c(-c3c(F)cc(F)c(F)c3F)cc21. The summed E-state index contributed by atoms with van der Waals surface area (Å²) in [5, 5.41) is 0. The van der Waals surface area contributed by atoms with Crippen LogP contribution in [-0.4, -0.2) is 51.3 Å². The summed E-state index contributed by atoms with van der Waals surface area (Å²) in [5.41, 5.74) is -3.42. The van der Waals surface area contributed by atoms with Gasteiger partial charge in [0.25, 0.3) is 5.91 Å². The van der Waals surface area contributed by atoms with Crippen LogP contribution in [0.1, 0.15) is 0 Å². The molecule has 1 heterocycles. The Morgan fingerprint density at radius 3 is 2.24 bits per heavy atom. The molecule has 0 unspecified atom stereocenters. The zero-order chi connectivity index (χ0) is 25.7. The number of nitrogens with zero attached hydrogens (tertiary/aromatic N) is 2. The highest BCUT2D eigenvalue weighted by Gasteiger charge is 2.51. The molecule has 0 aliphatic carbocycles. The predicted octanol–water partition coefficient (Wildman–Crippen LogP) is 2.29. The predicted molar refractivity (Wildman–Crippen MR) is 100 cm³/mol. The van der Waals surface area contributed by atoms with E-state index in [4.69, 9.17) is 0 Å². The second-order valence-electron chi connectivity index (χ2n) is 6.97. The van der Waals surface area contributed by atoms with Crippen LogP contribution in [0.4, 0.5) is 36.4 Å². The maximum atomic E-state index is 14.6. The van der Waals surface area contributed by atoms with Gasteiger partial charge in [-0.1, -0.05) is 0 Å². The molecule has 8 nitrogen and oxygen atoms in total. The Balaban J connectivity index is 2.15. The van der Waals surface area contributed by atoms with Crippen LogP contribution in [0.25, 0.3) is 11.1 Å². The lowest BCUT2D eigenvalue weighted by Crippen LogP contribution is -2.54. The molecular weight excluding hydrogens is 503 g/mol. The second kappa shape index (κ2) is 8.43. The number of carbonyl (C=O) groups is 2. The number of anilines is 1. The van der Waals surface area contributed by atoms with Gasteiger partial charge in [0.05, 0.1) is 11.3 Å². The minimum atomic E-state index is -4.64. The van der Waals surface area contributed by atoms with E-state index in [0.29, 0.717) is 10.4 Å². The minimum Gasteiger partial charge on any atom is -0.423 e. The van der Waals surface area contributed by atoms with Crippen molar-refractivity contribution in [2.24, 2.45) is 0 Å². The summed E-state index contributed by atoms with van der Waals surface area (Å²) < 4.78 is 128. The number of carbonyl (C=O) groups excluding carboxylic acids is 2. The number of hydrogen-bond donors (Lipinski definition) is 1. The Hall–Kier alpha value is -3.40. The van der Waals surface area contributed by atoms with Gasteiger partial charge >= 0.3 is 22.2 Å². The summed E-state index contributed by atoms with van der Waals surface area (Å²) in [6.07, 6.45) is -4.64. The van der Waals surface area contributed by atoms with Crippen molar-refractivity contribution >= 4 is 27.7 Å². The third-order valence-corrected chi connectivity index (χ3v) is 5.93. The number of ether oxygens (including phenoxy) is 1. The number of rotatable bonds is 5. The van der Waals surface area contributed by atoms with E-state index in [1.807, 2.05) is 0 Å². The number of halogens is 7. The first-order valence-corrected chi connectivity index (χ1v) is 10.3. The van der Waals surface area contributed by atoms with Crippen LogP contribution in [-0.2, 0) is 19.8 Å². The molecule has 0 saturated heterocycles. The first kappa shape index (κ1) is 25.2. The molecule has 1 N–H and O–H groups in total. The molecular formula is C18H12F7N3O5S. The lowest BCUT2D eigenvalue weighted by molar-refractivity contribution is -0.192. The van der Waals surface area contributed by atoms with Gasteiger partial charge in [-0.15, -0.1) is 0 Å². The number of fused-ring (bicyclic) bond motifs is 1. The minimum absolute atomic E-state index is 0.0298.